The van der Waals surface area contributed by atoms with Gasteiger partial charge in [0.25, 0.3) is 0 Å². The van der Waals surface area contributed by atoms with Crippen LogP contribution in [-0.4, -0.2) is 29.7 Å². The van der Waals surface area contributed by atoms with Crippen molar-refractivity contribution in [2.75, 3.05) is 11.9 Å². The van der Waals surface area contributed by atoms with Crippen LogP contribution in [0.4, 0.5) is 5.69 Å². The number of fused-ring (bicyclic) bond motifs is 1. The summed E-state index contributed by atoms with van der Waals surface area (Å²) >= 11 is 0. The number of carbonyl (C=O) groups excluding carboxylic acids is 2. The highest BCUT2D eigenvalue weighted by molar-refractivity contribution is 6.45. The van der Waals surface area contributed by atoms with Gasteiger partial charge in [-0.3, -0.25) is 9.59 Å². The minimum absolute atomic E-state index is 0.0537. The van der Waals surface area contributed by atoms with Gasteiger partial charge in [0.15, 0.2) is 0 Å². The number of amides is 1. The van der Waals surface area contributed by atoms with Crippen molar-refractivity contribution in [3.05, 3.63) is 29.3 Å². The van der Waals surface area contributed by atoms with Crippen molar-refractivity contribution in [2.45, 2.75) is 26.2 Å². The van der Waals surface area contributed by atoms with E-state index in [1.54, 1.807) is 30.1 Å². The molecule has 0 aromatic heterocycles. The molecule has 1 aliphatic heterocycles. The van der Waals surface area contributed by atoms with Crippen LogP contribution >= 0.6 is 0 Å². The minimum atomic E-state index is -0.302. The maximum Gasteiger partial charge on any atom is 0.226 e. The standard InChI is InChI=1S/C14H16N2O3/c1-9(15-19)14(18)11-6-7-12-10(8-11)4-3-5-13(17)16(12)2/h6-8,19H,3-5H2,1-2H3/b15-9-. The zero-order valence-corrected chi connectivity index (χ0v) is 11.0. The van der Waals surface area contributed by atoms with Gasteiger partial charge in [0.1, 0.15) is 5.71 Å². The van der Waals surface area contributed by atoms with Crippen LogP contribution in [-0.2, 0) is 11.2 Å². The first-order chi connectivity index (χ1) is 9.04. The van der Waals surface area contributed by atoms with Gasteiger partial charge in [0.2, 0.25) is 11.7 Å². The van der Waals surface area contributed by atoms with Gasteiger partial charge in [-0.05, 0) is 43.5 Å². The highest BCUT2D eigenvalue weighted by Crippen LogP contribution is 2.27. The number of oxime groups is 1. The lowest BCUT2D eigenvalue weighted by Crippen LogP contribution is -2.25. The fraction of sp³-hybridized carbons (Fsp3) is 0.357. The Kier molecular flexibility index (Phi) is 3.64. The van der Waals surface area contributed by atoms with Crippen molar-refractivity contribution in [3.8, 4) is 0 Å². The highest BCUT2D eigenvalue weighted by atomic mass is 16.4. The number of nitrogens with zero attached hydrogens (tertiary/aromatic N) is 2. The molecule has 2 rings (SSSR count). The lowest BCUT2D eigenvalue weighted by Gasteiger charge is -2.17. The van der Waals surface area contributed by atoms with Crippen molar-refractivity contribution in [1.82, 2.24) is 0 Å². The van der Waals surface area contributed by atoms with E-state index in [9.17, 15) is 9.59 Å². The summed E-state index contributed by atoms with van der Waals surface area (Å²) in [7, 11) is 1.74. The number of benzene rings is 1. The number of ketones is 1. The van der Waals surface area contributed by atoms with Crippen LogP contribution in [0.5, 0.6) is 0 Å². The van der Waals surface area contributed by atoms with E-state index in [1.165, 1.54) is 6.92 Å². The van der Waals surface area contributed by atoms with E-state index in [-0.39, 0.29) is 17.4 Å². The maximum absolute atomic E-state index is 11.9. The lowest BCUT2D eigenvalue weighted by molar-refractivity contribution is -0.118. The van der Waals surface area contributed by atoms with Gasteiger partial charge < -0.3 is 10.1 Å². The van der Waals surface area contributed by atoms with E-state index >= 15 is 0 Å². The van der Waals surface area contributed by atoms with Crippen molar-refractivity contribution in [1.29, 1.82) is 0 Å². The highest BCUT2D eigenvalue weighted by Gasteiger charge is 2.20. The van der Waals surface area contributed by atoms with Crippen LogP contribution in [0.2, 0.25) is 0 Å². The van der Waals surface area contributed by atoms with Crippen LogP contribution in [0.25, 0.3) is 0 Å². The molecule has 1 amide bonds. The second-order valence-electron chi connectivity index (χ2n) is 4.66. The SMILES string of the molecule is C/C(=N/O)C(=O)c1ccc2c(c1)CCCC(=O)N2C. The summed E-state index contributed by atoms with van der Waals surface area (Å²) in [6.45, 7) is 1.46. The fourth-order valence-electron chi connectivity index (χ4n) is 2.24. The van der Waals surface area contributed by atoms with Gasteiger partial charge in [-0.1, -0.05) is 5.16 Å². The lowest BCUT2D eigenvalue weighted by atomic mass is 10.0. The largest absolute Gasteiger partial charge is 0.411 e. The molecule has 1 N–H and O–H groups in total. The summed E-state index contributed by atoms with van der Waals surface area (Å²) in [6.07, 6.45) is 2.06. The van der Waals surface area contributed by atoms with Crippen LogP contribution in [0, 0.1) is 0 Å². The van der Waals surface area contributed by atoms with Gasteiger partial charge in [-0.15, -0.1) is 0 Å². The van der Waals surface area contributed by atoms with Gasteiger partial charge in [-0.2, -0.15) is 0 Å². The van der Waals surface area contributed by atoms with Gasteiger partial charge >= 0.3 is 0 Å². The van der Waals surface area contributed by atoms with E-state index in [4.69, 9.17) is 5.21 Å². The molecule has 1 heterocycles. The van der Waals surface area contributed by atoms with Gasteiger partial charge in [0, 0.05) is 24.7 Å². The molecule has 5 heteroatoms. The molecule has 5 nitrogen and oxygen atoms in total. The number of Topliss-reactive ketones (excluding diaryl/α,β-unsaturated/α-hetero) is 1. The smallest absolute Gasteiger partial charge is 0.226 e. The second kappa shape index (κ2) is 5.22. The molecule has 1 aliphatic rings. The molecule has 0 radical (unpaired) electrons. The molecule has 0 atom stereocenters. The average molecular weight is 260 g/mol. The first-order valence-electron chi connectivity index (χ1n) is 6.17. The summed E-state index contributed by atoms with van der Waals surface area (Å²) in [6, 6.07) is 5.21. The third-order valence-electron chi connectivity index (χ3n) is 3.39. The molecular weight excluding hydrogens is 244 g/mol. The van der Waals surface area contributed by atoms with E-state index in [1.807, 2.05) is 0 Å². The number of hydrogen-bond donors (Lipinski definition) is 1. The van der Waals surface area contributed by atoms with Crippen molar-refractivity contribution >= 4 is 23.1 Å². The predicted molar refractivity (Wildman–Crippen MR) is 72.0 cm³/mol. The number of rotatable bonds is 2. The molecule has 0 unspecified atom stereocenters. The number of anilines is 1. The molecule has 0 fully saturated rings. The number of aryl methyl sites for hydroxylation is 1. The quantitative estimate of drug-likeness (QED) is 0.383. The van der Waals surface area contributed by atoms with E-state index in [0.717, 1.165) is 24.1 Å². The fourth-order valence-corrected chi connectivity index (χ4v) is 2.24. The average Bonchev–Trinajstić information content (AvgIpc) is 2.57. The Balaban J connectivity index is 2.42. The zero-order valence-electron chi connectivity index (χ0n) is 11.0. The molecule has 0 bridgehead atoms. The first kappa shape index (κ1) is 13.3. The molecule has 100 valence electrons. The van der Waals surface area contributed by atoms with Crippen LogP contribution < -0.4 is 4.90 Å². The molecular formula is C14H16N2O3. The van der Waals surface area contributed by atoms with Crippen LogP contribution in [0.1, 0.15) is 35.7 Å². The molecule has 0 saturated heterocycles. The molecule has 19 heavy (non-hydrogen) atoms. The maximum atomic E-state index is 11.9. The Bertz CT molecular complexity index is 564. The summed E-state index contributed by atoms with van der Waals surface area (Å²) in [5.41, 5.74) is 2.36. The Hall–Kier alpha value is -2.17. The van der Waals surface area contributed by atoms with E-state index in [2.05, 4.69) is 5.16 Å². The molecule has 1 aromatic rings. The molecule has 1 aromatic carbocycles. The molecule has 0 spiro atoms. The van der Waals surface area contributed by atoms with Crippen LogP contribution in [0.15, 0.2) is 23.4 Å². The Morgan fingerprint density at radius 2 is 2.11 bits per heavy atom. The zero-order chi connectivity index (χ0) is 14.0. The topological polar surface area (TPSA) is 70.0 Å². The third-order valence-corrected chi connectivity index (χ3v) is 3.39. The van der Waals surface area contributed by atoms with E-state index < -0.39 is 0 Å². The molecule has 0 saturated carbocycles. The first-order valence-corrected chi connectivity index (χ1v) is 6.17. The van der Waals surface area contributed by atoms with Crippen molar-refractivity contribution in [3.63, 3.8) is 0 Å². The summed E-state index contributed by atoms with van der Waals surface area (Å²) in [5.74, 6) is -0.213. The monoisotopic (exact) mass is 260 g/mol. The Morgan fingerprint density at radius 1 is 1.37 bits per heavy atom. The third kappa shape index (κ3) is 2.50. The Morgan fingerprint density at radius 3 is 2.79 bits per heavy atom. The Labute approximate surface area is 111 Å². The summed E-state index contributed by atoms with van der Waals surface area (Å²) < 4.78 is 0. The van der Waals surface area contributed by atoms with Crippen molar-refractivity contribution in [2.24, 2.45) is 5.16 Å². The minimum Gasteiger partial charge on any atom is -0.411 e. The van der Waals surface area contributed by atoms with Crippen molar-refractivity contribution < 1.29 is 14.8 Å². The summed E-state index contributed by atoms with van der Waals surface area (Å²) in [5, 5.41) is 11.6. The predicted octanol–water partition coefficient (Wildman–Crippen LogP) is 2.02. The molecule has 0 aliphatic carbocycles. The van der Waals surface area contributed by atoms with Gasteiger partial charge in [-0.25, -0.2) is 0 Å². The van der Waals surface area contributed by atoms with Crippen LogP contribution in [0.3, 0.4) is 0 Å². The normalized spacial score (nSPS) is 16.0. The number of carbonyl (C=O) groups is 2. The van der Waals surface area contributed by atoms with E-state index in [0.29, 0.717) is 12.0 Å². The summed E-state index contributed by atoms with van der Waals surface area (Å²) in [4.78, 5) is 25.3. The number of hydrogen-bond acceptors (Lipinski definition) is 4. The van der Waals surface area contributed by atoms with Gasteiger partial charge in [0.05, 0.1) is 0 Å². The second-order valence-corrected chi connectivity index (χ2v) is 4.66.